The summed E-state index contributed by atoms with van der Waals surface area (Å²) in [6.45, 7) is 3.97. The SMILES string of the molecule is Cc1ccc(C(N)=S)c(NC(C)c2nccs2)n1. The molecule has 0 bridgehead atoms. The Hall–Kier alpha value is -1.53. The van der Waals surface area contributed by atoms with Crippen LogP contribution in [0.4, 0.5) is 5.82 Å². The van der Waals surface area contributed by atoms with Crippen molar-refractivity contribution in [3.63, 3.8) is 0 Å². The van der Waals surface area contributed by atoms with E-state index in [0.717, 1.165) is 16.3 Å². The van der Waals surface area contributed by atoms with Gasteiger partial charge in [-0.2, -0.15) is 0 Å². The van der Waals surface area contributed by atoms with Crippen LogP contribution in [0.2, 0.25) is 0 Å². The smallest absolute Gasteiger partial charge is 0.137 e. The molecule has 0 spiro atoms. The summed E-state index contributed by atoms with van der Waals surface area (Å²) in [6, 6.07) is 3.86. The molecule has 1 atom stereocenters. The van der Waals surface area contributed by atoms with Crippen LogP contribution in [0.25, 0.3) is 0 Å². The van der Waals surface area contributed by atoms with Crippen molar-refractivity contribution in [1.29, 1.82) is 0 Å². The average molecular weight is 278 g/mol. The molecule has 0 radical (unpaired) electrons. The number of hydrogen-bond donors (Lipinski definition) is 2. The first-order valence-corrected chi connectivity index (χ1v) is 6.80. The van der Waals surface area contributed by atoms with Crippen LogP contribution in [0, 0.1) is 6.92 Å². The van der Waals surface area contributed by atoms with Gasteiger partial charge in [0.1, 0.15) is 15.8 Å². The molecule has 0 aliphatic heterocycles. The number of thiazole rings is 1. The van der Waals surface area contributed by atoms with Crippen molar-refractivity contribution in [3.05, 3.63) is 40.0 Å². The van der Waals surface area contributed by atoms with E-state index in [0.29, 0.717) is 10.8 Å². The Bertz CT molecular complexity index is 551. The van der Waals surface area contributed by atoms with Gasteiger partial charge in [0, 0.05) is 17.3 Å². The van der Waals surface area contributed by atoms with Crippen molar-refractivity contribution in [2.75, 3.05) is 5.32 Å². The summed E-state index contributed by atoms with van der Waals surface area (Å²) in [5.41, 5.74) is 7.38. The van der Waals surface area contributed by atoms with Crippen molar-refractivity contribution in [3.8, 4) is 0 Å². The van der Waals surface area contributed by atoms with Crippen molar-refractivity contribution >= 4 is 34.4 Å². The third-order valence-corrected chi connectivity index (χ3v) is 3.65. The van der Waals surface area contributed by atoms with Crippen LogP contribution >= 0.6 is 23.6 Å². The van der Waals surface area contributed by atoms with Gasteiger partial charge in [-0.05, 0) is 26.0 Å². The molecule has 0 fully saturated rings. The molecule has 0 saturated carbocycles. The molecule has 2 aromatic heterocycles. The van der Waals surface area contributed by atoms with Crippen LogP contribution in [0.3, 0.4) is 0 Å². The molecule has 6 heteroatoms. The van der Waals surface area contributed by atoms with Gasteiger partial charge in [-0.3, -0.25) is 0 Å². The van der Waals surface area contributed by atoms with Gasteiger partial charge in [0.15, 0.2) is 0 Å². The Balaban J connectivity index is 2.28. The average Bonchev–Trinajstić information content (AvgIpc) is 2.81. The zero-order valence-corrected chi connectivity index (χ0v) is 11.8. The topological polar surface area (TPSA) is 63.8 Å². The minimum atomic E-state index is 0.0763. The number of aryl methyl sites for hydroxylation is 1. The summed E-state index contributed by atoms with van der Waals surface area (Å²) < 4.78 is 0. The molecular weight excluding hydrogens is 264 g/mol. The second kappa shape index (κ2) is 5.41. The zero-order valence-electron chi connectivity index (χ0n) is 10.2. The van der Waals surface area contributed by atoms with Gasteiger partial charge in [-0.15, -0.1) is 11.3 Å². The first-order valence-electron chi connectivity index (χ1n) is 5.51. The molecule has 0 saturated heterocycles. The summed E-state index contributed by atoms with van der Waals surface area (Å²) in [6.07, 6.45) is 1.79. The number of rotatable bonds is 4. The molecule has 94 valence electrons. The fourth-order valence-electron chi connectivity index (χ4n) is 1.58. The maximum Gasteiger partial charge on any atom is 0.137 e. The summed E-state index contributed by atoms with van der Waals surface area (Å²) in [4.78, 5) is 9.06. The molecule has 0 aliphatic carbocycles. The van der Waals surface area contributed by atoms with Crippen molar-refractivity contribution in [2.24, 2.45) is 5.73 Å². The molecule has 1 unspecified atom stereocenters. The monoisotopic (exact) mass is 278 g/mol. The fraction of sp³-hybridized carbons (Fsp3) is 0.250. The fourth-order valence-corrected chi connectivity index (χ4v) is 2.39. The number of nitrogens with two attached hydrogens (primary N) is 1. The number of nitrogens with one attached hydrogen (secondary N) is 1. The first-order chi connectivity index (χ1) is 8.58. The number of pyridine rings is 1. The predicted molar refractivity (Wildman–Crippen MR) is 79.0 cm³/mol. The minimum Gasteiger partial charge on any atom is -0.389 e. The molecular formula is C12H14N4S2. The van der Waals surface area contributed by atoms with E-state index in [9.17, 15) is 0 Å². The maximum atomic E-state index is 5.70. The van der Waals surface area contributed by atoms with Gasteiger partial charge < -0.3 is 11.1 Å². The number of anilines is 1. The molecule has 4 nitrogen and oxygen atoms in total. The number of thiocarbonyl (C=S) groups is 1. The third-order valence-electron chi connectivity index (χ3n) is 2.48. The first kappa shape index (κ1) is 12.9. The molecule has 0 amide bonds. The van der Waals surface area contributed by atoms with E-state index in [1.165, 1.54) is 0 Å². The Kier molecular flexibility index (Phi) is 3.88. The molecule has 2 rings (SSSR count). The molecule has 0 aromatic carbocycles. The number of nitrogens with zero attached hydrogens (tertiary/aromatic N) is 2. The van der Waals surface area contributed by atoms with Gasteiger partial charge in [0.2, 0.25) is 0 Å². The van der Waals surface area contributed by atoms with E-state index in [-0.39, 0.29) is 6.04 Å². The lowest BCUT2D eigenvalue weighted by Gasteiger charge is -2.15. The van der Waals surface area contributed by atoms with Crippen molar-refractivity contribution in [1.82, 2.24) is 9.97 Å². The second-order valence-electron chi connectivity index (χ2n) is 3.95. The summed E-state index contributed by atoms with van der Waals surface area (Å²) >= 11 is 6.63. The lowest BCUT2D eigenvalue weighted by Crippen LogP contribution is -2.16. The number of aromatic nitrogens is 2. The molecule has 2 aromatic rings. The van der Waals surface area contributed by atoms with E-state index in [1.807, 2.05) is 31.4 Å². The Labute approximate surface area is 115 Å². The van der Waals surface area contributed by atoms with Crippen LogP contribution in [-0.2, 0) is 0 Å². The lowest BCUT2D eigenvalue weighted by molar-refractivity contribution is 0.858. The highest BCUT2D eigenvalue weighted by molar-refractivity contribution is 7.80. The quantitative estimate of drug-likeness (QED) is 0.842. The Morgan fingerprint density at radius 3 is 2.89 bits per heavy atom. The minimum absolute atomic E-state index is 0.0763. The Morgan fingerprint density at radius 1 is 1.50 bits per heavy atom. The highest BCUT2D eigenvalue weighted by Crippen LogP contribution is 2.22. The maximum absolute atomic E-state index is 5.70. The highest BCUT2D eigenvalue weighted by atomic mass is 32.1. The number of hydrogen-bond acceptors (Lipinski definition) is 5. The standard InChI is InChI=1S/C12H14N4S2/c1-7-3-4-9(10(13)17)11(15-7)16-8(2)12-14-5-6-18-12/h3-6,8H,1-2H3,(H2,13,17)(H,15,16). The molecule has 18 heavy (non-hydrogen) atoms. The molecule has 2 heterocycles. The molecule has 0 aliphatic rings. The third kappa shape index (κ3) is 2.83. The van der Waals surface area contributed by atoms with Crippen molar-refractivity contribution in [2.45, 2.75) is 19.9 Å². The van der Waals surface area contributed by atoms with Crippen LogP contribution in [-0.4, -0.2) is 15.0 Å². The van der Waals surface area contributed by atoms with Gasteiger partial charge in [-0.25, -0.2) is 9.97 Å². The van der Waals surface area contributed by atoms with E-state index >= 15 is 0 Å². The van der Waals surface area contributed by atoms with Gasteiger partial charge >= 0.3 is 0 Å². The van der Waals surface area contributed by atoms with E-state index in [2.05, 4.69) is 15.3 Å². The predicted octanol–water partition coefficient (Wildman–Crippen LogP) is 2.65. The van der Waals surface area contributed by atoms with Crippen molar-refractivity contribution < 1.29 is 0 Å². The van der Waals surface area contributed by atoms with Gasteiger partial charge in [0.25, 0.3) is 0 Å². The summed E-state index contributed by atoms with van der Waals surface area (Å²) in [5.74, 6) is 0.713. The van der Waals surface area contributed by atoms with E-state index in [4.69, 9.17) is 18.0 Å². The van der Waals surface area contributed by atoms with Crippen LogP contribution in [0.15, 0.2) is 23.7 Å². The zero-order chi connectivity index (χ0) is 13.1. The summed E-state index contributed by atoms with van der Waals surface area (Å²) in [7, 11) is 0. The van der Waals surface area contributed by atoms with Gasteiger partial charge in [0.05, 0.1) is 11.6 Å². The summed E-state index contributed by atoms with van der Waals surface area (Å²) in [5, 5.41) is 6.26. The Morgan fingerprint density at radius 2 is 2.28 bits per heavy atom. The largest absolute Gasteiger partial charge is 0.389 e. The molecule has 3 N–H and O–H groups in total. The van der Waals surface area contributed by atoms with Crippen LogP contribution in [0.1, 0.15) is 29.2 Å². The normalized spacial score (nSPS) is 12.1. The second-order valence-corrected chi connectivity index (χ2v) is 5.32. The highest BCUT2D eigenvalue weighted by Gasteiger charge is 2.13. The van der Waals surface area contributed by atoms with E-state index < -0.39 is 0 Å². The van der Waals surface area contributed by atoms with Gasteiger partial charge in [-0.1, -0.05) is 12.2 Å². The van der Waals surface area contributed by atoms with Crippen LogP contribution < -0.4 is 11.1 Å². The van der Waals surface area contributed by atoms with Crippen LogP contribution in [0.5, 0.6) is 0 Å². The lowest BCUT2D eigenvalue weighted by atomic mass is 10.2. The van der Waals surface area contributed by atoms with E-state index in [1.54, 1.807) is 17.5 Å².